The van der Waals surface area contributed by atoms with Gasteiger partial charge in [-0.25, -0.2) is 4.79 Å². The van der Waals surface area contributed by atoms with Gasteiger partial charge in [-0.1, -0.05) is 6.92 Å². The second-order valence-electron chi connectivity index (χ2n) is 5.66. The van der Waals surface area contributed by atoms with Crippen molar-refractivity contribution in [1.82, 2.24) is 5.32 Å². The summed E-state index contributed by atoms with van der Waals surface area (Å²) >= 11 is 0. The quantitative estimate of drug-likeness (QED) is 0.691. The smallest absolute Gasteiger partial charge is 0.319 e. The van der Waals surface area contributed by atoms with Gasteiger partial charge in [0.2, 0.25) is 0 Å². The highest BCUT2D eigenvalue weighted by Crippen LogP contribution is 2.19. The third kappa shape index (κ3) is 5.93. The molecule has 0 aliphatic carbocycles. The zero-order valence-electron chi connectivity index (χ0n) is 14.1. The van der Waals surface area contributed by atoms with Crippen molar-refractivity contribution in [2.75, 3.05) is 23.3 Å². The van der Waals surface area contributed by atoms with Crippen LogP contribution in [0.5, 0.6) is 0 Å². The Morgan fingerprint density at radius 1 is 1.23 bits per heavy atom. The van der Waals surface area contributed by atoms with E-state index >= 15 is 0 Å². The van der Waals surface area contributed by atoms with Gasteiger partial charge in [-0.3, -0.25) is 0 Å². The molecule has 0 fully saturated rings. The molecule has 1 aromatic rings. The maximum absolute atomic E-state index is 11.8. The first-order valence-electron chi connectivity index (χ1n) is 8.07. The van der Waals surface area contributed by atoms with Gasteiger partial charge in [0, 0.05) is 30.5 Å². The number of urea groups is 1. The number of hydrogen-bond donors (Lipinski definition) is 3. The Morgan fingerprint density at radius 2 is 1.86 bits per heavy atom. The minimum Gasteiger partial charge on any atom is -0.393 e. The van der Waals surface area contributed by atoms with Crippen molar-refractivity contribution >= 4 is 17.4 Å². The Balaban J connectivity index is 2.48. The molecule has 1 rings (SSSR count). The first-order chi connectivity index (χ1) is 10.5. The lowest BCUT2D eigenvalue weighted by Crippen LogP contribution is -2.31. The summed E-state index contributed by atoms with van der Waals surface area (Å²) in [6, 6.07) is 8.03. The van der Waals surface area contributed by atoms with Crippen LogP contribution >= 0.6 is 0 Å². The van der Waals surface area contributed by atoms with Crippen LogP contribution in [0.4, 0.5) is 16.2 Å². The van der Waals surface area contributed by atoms with Crippen LogP contribution in [0.3, 0.4) is 0 Å². The van der Waals surface area contributed by atoms with E-state index in [2.05, 4.69) is 36.3 Å². The summed E-state index contributed by atoms with van der Waals surface area (Å²) in [5.41, 5.74) is 1.91. The number of carbonyl (C=O) groups is 1. The number of rotatable bonds is 8. The standard InChI is InChI=1S/C17H29N3O2/c1-5-16(21)11-12-18-17(22)19-14-7-9-15(10-8-14)20(6-2)13(3)4/h7-10,13,16,21H,5-6,11-12H2,1-4H3,(H2,18,19,22). The van der Waals surface area contributed by atoms with E-state index in [4.69, 9.17) is 0 Å². The topological polar surface area (TPSA) is 64.6 Å². The van der Waals surface area contributed by atoms with E-state index < -0.39 is 0 Å². The lowest BCUT2D eigenvalue weighted by molar-refractivity contribution is 0.160. The van der Waals surface area contributed by atoms with E-state index in [1.54, 1.807) is 0 Å². The number of benzene rings is 1. The van der Waals surface area contributed by atoms with Crippen LogP contribution < -0.4 is 15.5 Å². The minimum absolute atomic E-state index is 0.243. The number of hydrogen-bond acceptors (Lipinski definition) is 3. The molecule has 22 heavy (non-hydrogen) atoms. The highest BCUT2D eigenvalue weighted by atomic mass is 16.3. The van der Waals surface area contributed by atoms with E-state index in [0.717, 1.165) is 17.9 Å². The van der Waals surface area contributed by atoms with Gasteiger partial charge in [-0.05, 0) is 57.9 Å². The summed E-state index contributed by atoms with van der Waals surface area (Å²) in [6.07, 6.45) is 0.924. The summed E-state index contributed by atoms with van der Waals surface area (Å²) in [5, 5.41) is 15.0. The van der Waals surface area contributed by atoms with Crippen LogP contribution in [-0.4, -0.2) is 36.4 Å². The lowest BCUT2D eigenvalue weighted by Gasteiger charge is -2.27. The maximum atomic E-state index is 11.8. The zero-order valence-corrected chi connectivity index (χ0v) is 14.1. The summed E-state index contributed by atoms with van der Waals surface area (Å²) in [5.74, 6) is 0. The first-order valence-corrected chi connectivity index (χ1v) is 8.07. The van der Waals surface area contributed by atoms with Crippen molar-refractivity contribution in [3.8, 4) is 0 Å². The predicted octanol–water partition coefficient (Wildman–Crippen LogP) is 3.20. The van der Waals surface area contributed by atoms with E-state index in [-0.39, 0.29) is 12.1 Å². The summed E-state index contributed by atoms with van der Waals surface area (Å²) < 4.78 is 0. The van der Waals surface area contributed by atoms with E-state index in [1.165, 1.54) is 0 Å². The summed E-state index contributed by atoms with van der Waals surface area (Å²) in [4.78, 5) is 14.0. The van der Waals surface area contributed by atoms with Crippen LogP contribution in [0.2, 0.25) is 0 Å². The third-order valence-corrected chi connectivity index (χ3v) is 3.66. The number of anilines is 2. The van der Waals surface area contributed by atoms with Crippen LogP contribution in [0.25, 0.3) is 0 Å². The highest BCUT2D eigenvalue weighted by molar-refractivity contribution is 5.89. The molecule has 5 heteroatoms. The summed E-state index contributed by atoms with van der Waals surface area (Å²) in [6.45, 7) is 9.79. The molecule has 0 aromatic heterocycles. The molecule has 1 atom stereocenters. The predicted molar refractivity (Wildman–Crippen MR) is 92.5 cm³/mol. The molecular formula is C17H29N3O2. The molecule has 0 bridgehead atoms. The zero-order chi connectivity index (χ0) is 16.5. The average Bonchev–Trinajstić information content (AvgIpc) is 2.49. The van der Waals surface area contributed by atoms with E-state index in [1.807, 2.05) is 31.2 Å². The average molecular weight is 307 g/mol. The van der Waals surface area contributed by atoms with Crippen molar-refractivity contribution < 1.29 is 9.90 Å². The van der Waals surface area contributed by atoms with Gasteiger partial charge < -0.3 is 20.6 Å². The van der Waals surface area contributed by atoms with Gasteiger partial charge in [0.05, 0.1) is 6.10 Å². The van der Waals surface area contributed by atoms with Gasteiger partial charge >= 0.3 is 6.03 Å². The van der Waals surface area contributed by atoms with Gasteiger partial charge in [0.15, 0.2) is 0 Å². The molecule has 0 heterocycles. The number of nitrogens with zero attached hydrogens (tertiary/aromatic N) is 1. The minimum atomic E-state index is -0.351. The largest absolute Gasteiger partial charge is 0.393 e. The lowest BCUT2D eigenvalue weighted by atomic mass is 10.2. The molecule has 1 aromatic carbocycles. The normalized spacial score (nSPS) is 12.1. The molecule has 0 spiro atoms. The fraction of sp³-hybridized carbons (Fsp3) is 0.588. The molecule has 1 unspecified atom stereocenters. The molecule has 5 nitrogen and oxygen atoms in total. The Morgan fingerprint density at radius 3 is 2.36 bits per heavy atom. The molecule has 0 saturated carbocycles. The molecule has 0 saturated heterocycles. The Bertz CT molecular complexity index is 446. The van der Waals surface area contributed by atoms with Gasteiger partial charge in [-0.15, -0.1) is 0 Å². The van der Waals surface area contributed by atoms with Gasteiger partial charge in [0.25, 0.3) is 0 Å². The number of aliphatic hydroxyl groups excluding tert-OH is 1. The Hall–Kier alpha value is -1.75. The van der Waals surface area contributed by atoms with Crippen molar-refractivity contribution in [3.63, 3.8) is 0 Å². The Labute approximate surface area is 133 Å². The second kappa shape index (κ2) is 9.30. The molecular weight excluding hydrogens is 278 g/mol. The highest BCUT2D eigenvalue weighted by Gasteiger charge is 2.08. The van der Waals surface area contributed by atoms with Crippen LogP contribution in [-0.2, 0) is 0 Å². The van der Waals surface area contributed by atoms with Gasteiger partial charge in [0.1, 0.15) is 0 Å². The molecule has 2 amide bonds. The summed E-state index contributed by atoms with van der Waals surface area (Å²) in [7, 11) is 0. The van der Waals surface area contributed by atoms with Crippen molar-refractivity contribution in [3.05, 3.63) is 24.3 Å². The molecule has 3 N–H and O–H groups in total. The Kier molecular flexibility index (Phi) is 7.74. The van der Waals surface area contributed by atoms with E-state index in [0.29, 0.717) is 25.4 Å². The third-order valence-electron chi connectivity index (χ3n) is 3.66. The van der Waals surface area contributed by atoms with Crippen LogP contribution in [0, 0.1) is 0 Å². The number of amides is 2. The number of nitrogens with one attached hydrogen (secondary N) is 2. The van der Waals surface area contributed by atoms with Crippen molar-refractivity contribution in [1.29, 1.82) is 0 Å². The molecule has 0 aliphatic rings. The maximum Gasteiger partial charge on any atom is 0.319 e. The molecule has 0 radical (unpaired) electrons. The fourth-order valence-electron chi connectivity index (χ4n) is 2.31. The van der Waals surface area contributed by atoms with E-state index in [9.17, 15) is 9.90 Å². The van der Waals surface area contributed by atoms with Crippen LogP contribution in [0.15, 0.2) is 24.3 Å². The van der Waals surface area contributed by atoms with Crippen molar-refractivity contribution in [2.45, 2.75) is 52.7 Å². The SMILES string of the molecule is CCC(O)CCNC(=O)Nc1ccc(N(CC)C(C)C)cc1. The van der Waals surface area contributed by atoms with Crippen LogP contribution in [0.1, 0.15) is 40.5 Å². The monoisotopic (exact) mass is 307 g/mol. The molecule has 0 aliphatic heterocycles. The fourth-order valence-corrected chi connectivity index (χ4v) is 2.31. The van der Waals surface area contributed by atoms with Crippen molar-refractivity contribution in [2.24, 2.45) is 0 Å². The van der Waals surface area contributed by atoms with Gasteiger partial charge in [-0.2, -0.15) is 0 Å². The molecule has 124 valence electrons. The first kappa shape index (κ1) is 18.3. The number of aliphatic hydroxyl groups is 1. The second-order valence-corrected chi connectivity index (χ2v) is 5.66. The number of carbonyl (C=O) groups excluding carboxylic acids is 1.